The van der Waals surface area contributed by atoms with E-state index in [0.29, 0.717) is 17.7 Å². The second-order valence-electron chi connectivity index (χ2n) is 23.2. The van der Waals surface area contributed by atoms with Crippen LogP contribution in [0.3, 0.4) is 0 Å². The van der Waals surface area contributed by atoms with Crippen molar-refractivity contribution in [3.05, 3.63) is 95.6 Å². The van der Waals surface area contributed by atoms with Crippen LogP contribution in [0, 0.1) is 23.7 Å². The van der Waals surface area contributed by atoms with Crippen molar-refractivity contribution in [3.8, 4) is 11.5 Å². The van der Waals surface area contributed by atoms with Crippen molar-refractivity contribution >= 4 is 47.5 Å². The Morgan fingerprint density at radius 1 is 0.439 bits per heavy atom. The molecule has 2 N–H and O–H groups in total. The van der Waals surface area contributed by atoms with Gasteiger partial charge in [-0.15, -0.1) is 0 Å². The number of aromatic nitrogens is 4. The van der Waals surface area contributed by atoms with Crippen LogP contribution in [0.4, 0.5) is 0 Å². The lowest BCUT2D eigenvalue weighted by molar-refractivity contribution is -0.176. The third kappa shape index (κ3) is 18.1. The molecule has 5 rings (SSSR count). The van der Waals surface area contributed by atoms with E-state index in [4.69, 9.17) is 18.9 Å². The van der Waals surface area contributed by atoms with E-state index in [9.17, 15) is 43.8 Å². The summed E-state index contributed by atoms with van der Waals surface area (Å²) in [6.07, 6.45) is -0.831. The summed E-state index contributed by atoms with van der Waals surface area (Å²) in [5, 5.41) is 28.0. The molecule has 2 aromatic heterocycles. The summed E-state index contributed by atoms with van der Waals surface area (Å²) in [6, 6.07) is 8.86. The summed E-state index contributed by atoms with van der Waals surface area (Å²) in [7, 11) is 5.47. The van der Waals surface area contributed by atoms with E-state index in [2.05, 4.69) is 10.2 Å². The number of carbonyl (C=O) groups excluding carboxylic acids is 8. The molecule has 0 unspecified atom stereocenters. The first-order chi connectivity index (χ1) is 38.5. The highest BCUT2D eigenvalue weighted by atomic mass is 16.6. The van der Waals surface area contributed by atoms with Crippen molar-refractivity contribution in [2.45, 2.75) is 169 Å². The quantitative estimate of drug-likeness (QED) is 0.103. The number of amides is 4. The topological polar surface area (TPSA) is 263 Å². The minimum atomic E-state index is -1.59. The van der Waals surface area contributed by atoms with Crippen LogP contribution in [0.5, 0.6) is 11.5 Å². The largest absolute Gasteiger partial charge is 0.505 e. The van der Waals surface area contributed by atoms with Crippen molar-refractivity contribution in [3.63, 3.8) is 0 Å². The second kappa shape index (κ2) is 29.3. The second-order valence-corrected chi connectivity index (χ2v) is 23.2. The lowest BCUT2D eigenvalue weighted by Crippen LogP contribution is -2.55. The van der Waals surface area contributed by atoms with E-state index in [1.165, 1.54) is 71.5 Å². The molecule has 1 saturated heterocycles. The Labute approximate surface area is 481 Å². The molecule has 22 heteroatoms. The van der Waals surface area contributed by atoms with Gasteiger partial charge in [-0.1, -0.05) is 104 Å². The summed E-state index contributed by atoms with van der Waals surface area (Å²) >= 11 is 0. The van der Waals surface area contributed by atoms with Gasteiger partial charge in [0.1, 0.15) is 24.2 Å². The molecule has 0 bridgehead atoms. The number of carbonyl (C=O) groups is 8. The van der Waals surface area contributed by atoms with Gasteiger partial charge in [-0.25, -0.2) is 19.2 Å². The molecule has 1 fully saturated rings. The van der Waals surface area contributed by atoms with Crippen molar-refractivity contribution in [1.29, 1.82) is 0 Å². The van der Waals surface area contributed by atoms with Gasteiger partial charge in [0, 0.05) is 41.0 Å². The monoisotopic (exact) mass is 1140 g/mol. The van der Waals surface area contributed by atoms with Gasteiger partial charge < -0.3 is 48.8 Å². The Kier molecular flexibility index (Phi) is 23.2. The molecule has 0 saturated carbocycles. The van der Waals surface area contributed by atoms with Crippen LogP contribution in [0.2, 0.25) is 0 Å². The normalized spacial score (nSPS) is 23.0. The minimum absolute atomic E-state index is 0.0000629. The molecule has 0 aliphatic carbocycles. The molecule has 448 valence electrons. The van der Waals surface area contributed by atoms with Gasteiger partial charge in [-0.3, -0.25) is 28.5 Å². The van der Waals surface area contributed by atoms with Crippen LogP contribution in [-0.4, -0.2) is 174 Å². The number of nitrogens with zero attached hydrogens (tertiary/aromatic N) is 8. The summed E-state index contributed by atoms with van der Waals surface area (Å²) in [4.78, 5) is 122. The maximum atomic E-state index is 15.0. The number of esters is 4. The summed E-state index contributed by atoms with van der Waals surface area (Å²) in [5.74, 6) is -7.83. The zero-order chi connectivity index (χ0) is 60.9. The molecule has 0 spiro atoms. The Bertz CT molecular complexity index is 2830. The predicted octanol–water partition coefficient (Wildman–Crippen LogP) is 5.57. The third-order valence-electron chi connectivity index (χ3n) is 14.3. The average Bonchev–Trinajstić information content (AvgIpc) is 4.20. The fraction of sp³-hybridized carbons (Fsp3) is 0.567. The molecule has 0 radical (unpaired) electrons. The highest BCUT2D eigenvalue weighted by Crippen LogP contribution is 2.25. The summed E-state index contributed by atoms with van der Waals surface area (Å²) in [6.45, 7) is 17.9. The number of hydrogen-bond acceptors (Lipinski definition) is 16. The molecule has 3 heterocycles. The first-order valence-corrected chi connectivity index (χ1v) is 28.0. The van der Waals surface area contributed by atoms with E-state index in [-0.39, 0.29) is 80.2 Å². The number of cyclic esters (lactones) is 4. The number of rotatable bonds is 16. The average molecular weight is 1140 g/mol. The van der Waals surface area contributed by atoms with E-state index >= 15 is 4.79 Å². The van der Waals surface area contributed by atoms with Gasteiger partial charge in [-0.05, 0) is 85.5 Å². The fourth-order valence-corrected chi connectivity index (χ4v) is 9.80. The molecule has 1 aliphatic rings. The molecule has 1 aliphatic heterocycles. The fourth-order valence-electron chi connectivity index (χ4n) is 9.80. The number of ether oxygens (including phenoxy) is 4. The van der Waals surface area contributed by atoms with Crippen LogP contribution in [0.1, 0.15) is 117 Å². The van der Waals surface area contributed by atoms with E-state index < -0.39 is 96.1 Å². The van der Waals surface area contributed by atoms with Gasteiger partial charge in [0.05, 0.1) is 37.9 Å². The Hall–Kier alpha value is -7.78. The summed E-state index contributed by atoms with van der Waals surface area (Å²) < 4.78 is 27.2. The van der Waals surface area contributed by atoms with E-state index in [0.717, 1.165) is 30.7 Å². The molecule has 22 nitrogen and oxygen atoms in total. The van der Waals surface area contributed by atoms with Gasteiger partial charge >= 0.3 is 23.9 Å². The Morgan fingerprint density at radius 2 is 0.756 bits per heavy atom. The van der Waals surface area contributed by atoms with Crippen molar-refractivity contribution < 1.29 is 67.5 Å². The first kappa shape index (κ1) is 65.0. The number of likely N-dealkylation sites (N-methyl/N-ethyl adjacent to an activating group) is 4. The molecular formula is C60H84N8O14. The van der Waals surface area contributed by atoms with Crippen LogP contribution in [0.15, 0.2) is 73.3 Å². The van der Waals surface area contributed by atoms with Crippen LogP contribution >= 0.6 is 0 Å². The molecule has 8 atom stereocenters. The zero-order valence-corrected chi connectivity index (χ0v) is 49.9. The number of hydrogen-bond donors (Lipinski definition) is 2. The Morgan fingerprint density at radius 3 is 1.11 bits per heavy atom. The van der Waals surface area contributed by atoms with Gasteiger partial charge in [0.15, 0.2) is 35.9 Å². The smallest absolute Gasteiger partial charge is 0.329 e. The predicted molar refractivity (Wildman–Crippen MR) is 301 cm³/mol. The van der Waals surface area contributed by atoms with Crippen molar-refractivity contribution in [1.82, 2.24) is 39.2 Å². The molecule has 82 heavy (non-hydrogen) atoms. The maximum absolute atomic E-state index is 15.0. The van der Waals surface area contributed by atoms with E-state index in [1.54, 1.807) is 47.1 Å². The van der Waals surface area contributed by atoms with Gasteiger partial charge in [0.2, 0.25) is 0 Å². The standard InChI is InChI=1S/C60H84N8O14/c1-35(2)22-47-57(75)79-40(10)54(72)64(12)50(25-38(7)8)60(78)82-52(28-43-16-15-17-44(26-43)32-68-34-46(70)30-62-68)56(74)66(14)48(23-36(3)4)58(76)80-39(9)53(71)63(11)49(24-37(5)6)59(77)81-51(55(73)65(47)13)27-41-18-20-42(21-19-41)31-67-33-45(69)29-61-67/h15-21,26,29-30,33-40,47-52,69-70H,22-25,27-28,31-32H2,1-14H3/t39-,40-,47+,48+,49+,50+,51-,52-/m1/s1. The van der Waals surface area contributed by atoms with Crippen LogP contribution < -0.4 is 0 Å². The molecule has 4 aromatic rings. The number of benzene rings is 2. The van der Waals surface area contributed by atoms with Gasteiger partial charge in [-0.2, -0.15) is 10.2 Å². The third-order valence-corrected chi connectivity index (χ3v) is 14.3. The van der Waals surface area contributed by atoms with Crippen molar-refractivity contribution in [2.75, 3.05) is 28.2 Å². The summed E-state index contributed by atoms with van der Waals surface area (Å²) in [5.41, 5.74) is 2.65. The maximum Gasteiger partial charge on any atom is 0.329 e. The lowest BCUT2D eigenvalue weighted by Gasteiger charge is -2.35. The van der Waals surface area contributed by atoms with Gasteiger partial charge in [0.25, 0.3) is 23.6 Å². The van der Waals surface area contributed by atoms with Crippen LogP contribution in [0.25, 0.3) is 0 Å². The van der Waals surface area contributed by atoms with Crippen molar-refractivity contribution in [2.24, 2.45) is 23.7 Å². The first-order valence-electron chi connectivity index (χ1n) is 28.0. The SMILES string of the molecule is CC(C)C[C@H]1C(=O)O[C@H](Cc2cccc(Cn3cc(O)cn3)c2)C(=O)N(C)[C@@H](CC(C)C)C(=O)O[C@H](C)C(=O)N(C)[C@@H](CC(C)C)C(=O)O[C@H](Cc2ccc(Cn3cc(O)cn3)cc2)C(=O)N(C)[C@@H](CC(C)C)C(=O)O[C@H](C)C(=O)N1C. The minimum Gasteiger partial charge on any atom is -0.505 e. The highest BCUT2D eigenvalue weighted by molar-refractivity contribution is 5.94. The van der Waals surface area contributed by atoms with Crippen LogP contribution in [-0.2, 0) is 83.2 Å². The molecule has 4 amide bonds. The van der Waals surface area contributed by atoms with E-state index in [1.807, 2.05) is 61.5 Å². The lowest BCUT2D eigenvalue weighted by atomic mass is 9.99. The number of aromatic hydroxyl groups is 2. The zero-order valence-electron chi connectivity index (χ0n) is 49.9. The molecule has 2 aromatic carbocycles. The highest BCUT2D eigenvalue weighted by Gasteiger charge is 2.43. The molecular weight excluding hydrogens is 1060 g/mol. The Balaban J connectivity index is 1.60.